The maximum atomic E-state index is 10.1. The molecule has 0 spiro atoms. The quantitative estimate of drug-likeness (QED) is 0.785. The van der Waals surface area contributed by atoms with Crippen LogP contribution in [0, 0.1) is 0 Å². The van der Waals surface area contributed by atoms with Gasteiger partial charge in [0, 0.05) is 18.4 Å². The second-order valence-electron chi connectivity index (χ2n) is 5.15. The van der Waals surface area contributed by atoms with E-state index in [1.165, 1.54) is 24.9 Å². The third-order valence-corrected chi connectivity index (χ3v) is 4.89. The van der Waals surface area contributed by atoms with Gasteiger partial charge in [0.05, 0.1) is 0 Å². The van der Waals surface area contributed by atoms with E-state index in [9.17, 15) is 4.79 Å². The zero-order valence-corrected chi connectivity index (χ0v) is 14.4. The van der Waals surface area contributed by atoms with Crippen molar-refractivity contribution in [1.29, 1.82) is 0 Å². The van der Waals surface area contributed by atoms with Crippen LogP contribution in [-0.2, 0) is 4.79 Å². The van der Waals surface area contributed by atoms with Gasteiger partial charge in [0.25, 0.3) is 0 Å². The molecule has 0 amide bonds. The van der Waals surface area contributed by atoms with Crippen LogP contribution in [0.5, 0.6) is 0 Å². The number of hydrogen-bond acceptors (Lipinski definition) is 4. The van der Waals surface area contributed by atoms with Crippen molar-refractivity contribution < 1.29 is 9.90 Å². The molecule has 2 heterocycles. The molecule has 1 fully saturated rings. The summed E-state index contributed by atoms with van der Waals surface area (Å²) < 4.78 is 0. The summed E-state index contributed by atoms with van der Waals surface area (Å²) in [5.74, 6) is 1.18. The summed E-state index contributed by atoms with van der Waals surface area (Å²) in [7, 11) is 2.19. The number of aliphatic carboxylic acids is 1. The summed E-state index contributed by atoms with van der Waals surface area (Å²) in [4.78, 5) is 16.6. The Bertz CT molecular complexity index is 417. The molecular weight excluding hydrogens is 333 g/mol. The summed E-state index contributed by atoms with van der Waals surface area (Å²) in [5, 5.41) is 9.25. The number of aromatic nitrogens is 1. The topological polar surface area (TPSA) is 79.5 Å². The molecule has 0 radical (unpaired) electrons. The molecule has 1 aliphatic rings. The summed E-state index contributed by atoms with van der Waals surface area (Å²) in [6, 6.07) is 4.14. The zero-order chi connectivity index (χ0) is 15.7. The number of pyridine rings is 1. The van der Waals surface area contributed by atoms with Crippen molar-refractivity contribution in [3.63, 3.8) is 0 Å². The number of carboxylic acid groups (broad SMARTS) is 1. The molecule has 0 aromatic carbocycles. The van der Waals surface area contributed by atoms with E-state index in [0.29, 0.717) is 27.4 Å². The van der Waals surface area contributed by atoms with Gasteiger partial charge in [0.15, 0.2) is 0 Å². The first-order valence-electron chi connectivity index (χ1n) is 7.13. The first-order valence-corrected chi connectivity index (χ1v) is 10.1. The van der Waals surface area contributed by atoms with Crippen molar-refractivity contribution in [2.45, 2.75) is 42.5 Å². The Morgan fingerprint density at radius 3 is 2.90 bits per heavy atom. The second-order valence-corrected chi connectivity index (χ2v) is 7.22. The van der Waals surface area contributed by atoms with Gasteiger partial charge in [-0.25, -0.2) is 0 Å². The van der Waals surface area contributed by atoms with E-state index < -0.39 is 12.0 Å². The van der Waals surface area contributed by atoms with Gasteiger partial charge >= 0.3 is 60.2 Å². The molecule has 2 rings (SSSR count). The van der Waals surface area contributed by atoms with Crippen LogP contribution < -0.4 is 5.73 Å². The van der Waals surface area contributed by atoms with Crippen molar-refractivity contribution in [1.82, 2.24) is 9.88 Å². The minimum absolute atomic E-state index is 0.549. The molecule has 1 aromatic rings. The van der Waals surface area contributed by atoms with E-state index in [4.69, 9.17) is 10.8 Å². The van der Waals surface area contributed by atoms with E-state index in [-0.39, 0.29) is 0 Å². The summed E-state index contributed by atoms with van der Waals surface area (Å²) in [5.41, 5.74) is 6.57. The third-order valence-electron chi connectivity index (χ3n) is 3.54. The fourth-order valence-corrected chi connectivity index (χ4v) is 3.30. The summed E-state index contributed by atoms with van der Waals surface area (Å²) >= 11 is 0.549. The van der Waals surface area contributed by atoms with Gasteiger partial charge < -0.3 is 0 Å². The van der Waals surface area contributed by atoms with Gasteiger partial charge in [-0.05, 0) is 38.1 Å². The Balaban J connectivity index is 0.000000222. The van der Waals surface area contributed by atoms with Gasteiger partial charge in [-0.3, -0.25) is 9.88 Å². The molecule has 2 atom stereocenters. The van der Waals surface area contributed by atoms with E-state index in [2.05, 4.69) is 28.8 Å². The van der Waals surface area contributed by atoms with E-state index in [1.807, 2.05) is 18.5 Å². The summed E-state index contributed by atoms with van der Waals surface area (Å²) in [6.07, 6.45) is 7.02. The fourth-order valence-electron chi connectivity index (χ4n) is 2.27. The van der Waals surface area contributed by atoms with Crippen molar-refractivity contribution in [2.75, 3.05) is 13.6 Å². The molecule has 1 aliphatic heterocycles. The molecule has 118 valence electrons. The fraction of sp³-hybridized carbons (Fsp3) is 0.600. The van der Waals surface area contributed by atoms with Crippen molar-refractivity contribution in [2.24, 2.45) is 5.73 Å². The Morgan fingerprint density at radius 1 is 1.67 bits per heavy atom. The Hall–Kier alpha value is -0.941. The number of nitrogens with two attached hydrogens (primary N) is 1. The Kier molecular flexibility index (Phi) is 8.54. The number of likely N-dealkylation sites (tertiary alicyclic amines) is 1. The average molecular weight is 358 g/mol. The predicted molar refractivity (Wildman–Crippen MR) is 85.5 cm³/mol. The zero-order valence-electron chi connectivity index (χ0n) is 12.7. The van der Waals surface area contributed by atoms with Crippen LogP contribution in [0.4, 0.5) is 0 Å². The van der Waals surface area contributed by atoms with Crippen LogP contribution >= 0.6 is 0 Å². The third kappa shape index (κ3) is 6.57. The number of carbonyl (C=O) groups is 1. The molecule has 1 saturated heterocycles. The number of carboxylic acids is 1. The van der Waals surface area contributed by atoms with E-state index in [0.717, 1.165) is 5.32 Å². The van der Waals surface area contributed by atoms with Crippen molar-refractivity contribution in [3.8, 4) is 0 Å². The van der Waals surface area contributed by atoms with Crippen LogP contribution in [-0.4, -0.2) is 55.6 Å². The molecule has 21 heavy (non-hydrogen) atoms. The first-order chi connectivity index (χ1) is 10.1. The monoisotopic (exact) mass is 359 g/mol. The van der Waals surface area contributed by atoms with Crippen LogP contribution in [0.2, 0.25) is 11.1 Å². The van der Waals surface area contributed by atoms with E-state index >= 15 is 0 Å². The van der Waals surface area contributed by atoms with Gasteiger partial charge in [-0.15, -0.1) is 0 Å². The van der Waals surface area contributed by atoms with Gasteiger partial charge in [0.2, 0.25) is 0 Å². The van der Waals surface area contributed by atoms with Crippen LogP contribution in [0.25, 0.3) is 0 Å². The molecule has 0 aliphatic carbocycles. The van der Waals surface area contributed by atoms with E-state index in [1.54, 1.807) is 0 Å². The molecule has 3 N–H and O–H groups in total. The molecule has 5 nitrogen and oxygen atoms in total. The first kappa shape index (κ1) is 18.1. The number of nitrogens with zero attached hydrogens (tertiary/aromatic N) is 2. The van der Waals surface area contributed by atoms with Gasteiger partial charge in [-0.1, -0.05) is 6.07 Å². The molecule has 6 heteroatoms. The molecular formula is C15H25N3O2Se. The minimum atomic E-state index is -0.890. The second kappa shape index (κ2) is 9.90. The Morgan fingerprint density at radius 2 is 2.43 bits per heavy atom. The molecule has 1 unspecified atom stereocenters. The SMILES string of the molecule is CN1CCCC1c1cccnc1.C[Se]CC[C@H](N)C(=O)O. The standard InChI is InChI=1S/C10H14N2.C5H11NO2Se/c1-12-7-3-5-10(12)9-4-2-6-11-8-9;1-9-3-2-4(6)5(7)8/h2,4,6,8,10H,3,5,7H2,1H3;4H,2-3,6H2,1H3,(H,7,8)/t;4-/m.0/s1. The normalized spacial score (nSPS) is 19.7. The number of rotatable bonds is 5. The maximum absolute atomic E-state index is 10.1. The van der Waals surface area contributed by atoms with Crippen molar-refractivity contribution >= 4 is 20.9 Å². The van der Waals surface area contributed by atoms with Gasteiger partial charge in [0.1, 0.15) is 0 Å². The molecule has 0 bridgehead atoms. The van der Waals surface area contributed by atoms with Crippen LogP contribution in [0.15, 0.2) is 24.5 Å². The molecule has 1 aromatic heterocycles. The molecule has 0 saturated carbocycles. The average Bonchev–Trinajstić information content (AvgIpc) is 2.92. The van der Waals surface area contributed by atoms with Gasteiger partial charge in [-0.2, -0.15) is 0 Å². The van der Waals surface area contributed by atoms with Crippen LogP contribution in [0.1, 0.15) is 30.9 Å². The van der Waals surface area contributed by atoms with Crippen molar-refractivity contribution in [3.05, 3.63) is 30.1 Å². The Labute approximate surface area is 133 Å². The number of hydrogen-bond donors (Lipinski definition) is 2. The predicted octanol–water partition coefficient (Wildman–Crippen LogP) is 1.81. The van der Waals surface area contributed by atoms with Crippen LogP contribution in [0.3, 0.4) is 0 Å². The summed E-state index contributed by atoms with van der Waals surface area (Å²) in [6.45, 7) is 1.22.